The van der Waals surface area contributed by atoms with Gasteiger partial charge in [0, 0.05) is 34.3 Å². The molecular weight excluding hydrogens is 404 g/mol. The van der Waals surface area contributed by atoms with Crippen LogP contribution >= 0.6 is 0 Å². The fourth-order valence-electron chi connectivity index (χ4n) is 5.21. The van der Waals surface area contributed by atoms with E-state index in [0.717, 1.165) is 47.7 Å². The molecule has 32 heavy (non-hydrogen) atoms. The molecule has 2 fully saturated rings. The summed E-state index contributed by atoms with van der Waals surface area (Å²) in [5.74, 6) is -0.627. The molecule has 2 N–H and O–H groups in total. The summed E-state index contributed by atoms with van der Waals surface area (Å²) in [4.78, 5) is 31.6. The fourth-order valence-corrected chi connectivity index (χ4v) is 5.21. The first-order valence-electron chi connectivity index (χ1n) is 11.0. The molecule has 1 saturated heterocycles. The summed E-state index contributed by atoms with van der Waals surface area (Å²) in [6.07, 6.45) is 5.66. The molecule has 5 rings (SSSR count). The summed E-state index contributed by atoms with van der Waals surface area (Å²) < 4.78 is 5.28. The molecule has 0 spiro atoms. The van der Waals surface area contributed by atoms with Crippen molar-refractivity contribution in [2.24, 2.45) is 0 Å². The van der Waals surface area contributed by atoms with Gasteiger partial charge in [0.15, 0.2) is 0 Å². The maximum atomic E-state index is 13.3. The monoisotopic (exact) mass is 430 g/mol. The number of benzene rings is 2. The molecule has 0 bridgehead atoms. The number of carbonyl (C=O) groups excluding carboxylic acids is 2. The van der Waals surface area contributed by atoms with Crippen molar-refractivity contribution in [3.8, 4) is 5.75 Å². The average Bonchev–Trinajstić information content (AvgIpc) is 3.52. The first-order valence-corrected chi connectivity index (χ1v) is 11.0. The number of rotatable bonds is 4. The van der Waals surface area contributed by atoms with Gasteiger partial charge in [-0.25, -0.2) is 0 Å². The van der Waals surface area contributed by atoms with Crippen molar-refractivity contribution < 1.29 is 19.4 Å². The Labute approximate surface area is 186 Å². The van der Waals surface area contributed by atoms with Gasteiger partial charge in [-0.1, -0.05) is 31.0 Å². The Morgan fingerprint density at radius 1 is 1.12 bits per heavy atom. The van der Waals surface area contributed by atoms with E-state index in [4.69, 9.17) is 4.74 Å². The van der Waals surface area contributed by atoms with E-state index in [1.165, 1.54) is 0 Å². The third-order valence-electron chi connectivity index (χ3n) is 6.80. The number of likely N-dealkylation sites (tertiary alicyclic amines) is 1. The second-order valence-electron chi connectivity index (χ2n) is 8.62. The molecule has 2 heterocycles. The number of H-pyrrole nitrogens is 1. The molecule has 1 aromatic heterocycles. The zero-order chi connectivity index (χ0) is 22.4. The largest absolute Gasteiger partial charge is 0.507 e. The number of fused-ring (bicyclic) bond motifs is 1. The number of aromatic amines is 1. The molecule has 164 valence electrons. The lowest BCUT2D eigenvalue weighted by atomic mass is 9.93. The normalized spacial score (nSPS) is 21.1. The average molecular weight is 431 g/mol. The SMILES string of the molecule is COc1ccc(/C(O)=C2\C(=O)C(=O)N(C3CCCC3)C2c2c[nH]c3ccccc23)c(C)c1. The highest BCUT2D eigenvalue weighted by molar-refractivity contribution is 6.46. The zero-order valence-corrected chi connectivity index (χ0v) is 18.2. The Balaban J connectivity index is 1.73. The smallest absolute Gasteiger partial charge is 0.295 e. The van der Waals surface area contributed by atoms with E-state index in [1.807, 2.05) is 43.5 Å². The van der Waals surface area contributed by atoms with Gasteiger partial charge in [-0.05, 0) is 49.6 Å². The van der Waals surface area contributed by atoms with Crippen LogP contribution in [0.4, 0.5) is 0 Å². The topological polar surface area (TPSA) is 82.6 Å². The van der Waals surface area contributed by atoms with Crippen LogP contribution < -0.4 is 4.74 Å². The van der Waals surface area contributed by atoms with E-state index >= 15 is 0 Å². The van der Waals surface area contributed by atoms with Crippen LogP contribution in [0.15, 0.2) is 54.2 Å². The van der Waals surface area contributed by atoms with Crippen LogP contribution in [0.25, 0.3) is 16.7 Å². The van der Waals surface area contributed by atoms with Crippen LogP contribution in [-0.2, 0) is 9.59 Å². The van der Waals surface area contributed by atoms with Gasteiger partial charge >= 0.3 is 0 Å². The van der Waals surface area contributed by atoms with Crippen molar-refractivity contribution in [3.63, 3.8) is 0 Å². The Morgan fingerprint density at radius 3 is 2.59 bits per heavy atom. The number of Topliss-reactive ketones (excluding diaryl/α,β-unsaturated/α-hetero) is 1. The highest BCUT2D eigenvalue weighted by atomic mass is 16.5. The minimum absolute atomic E-state index is 0.00706. The predicted octanol–water partition coefficient (Wildman–Crippen LogP) is 4.85. The second kappa shape index (κ2) is 7.86. The van der Waals surface area contributed by atoms with E-state index in [-0.39, 0.29) is 17.4 Å². The molecule has 1 amide bonds. The molecule has 3 aromatic rings. The number of ketones is 1. The van der Waals surface area contributed by atoms with Gasteiger partial charge in [0.1, 0.15) is 11.5 Å². The number of hydrogen-bond donors (Lipinski definition) is 2. The molecule has 1 unspecified atom stereocenters. The molecule has 2 aliphatic rings. The summed E-state index contributed by atoms with van der Waals surface area (Å²) in [5, 5.41) is 12.3. The zero-order valence-electron chi connectivity index (χ0n) is 18.2. The van der Waals surface area contributed by atoms with Crippen molar-refractivity contribution in [3.05, 3.63) is 70.9 Å². The van der Waals surface area contributed by atoms with Crippen LogP contribution in [0.3, 0.4) is 0 Å². The minimum atomic E-state index is -0.629. The second-order valence-corrected chi connectivity index (χ2v) is 8.62. The number of aliphatic hydroxyl groups is 1. The number of nitrogens with zero attached hydrogens (tertiary/aromatic N) is 1. The lowest BCUT2D eigenvalue weighted by Gasteiger charge is -2.30. The van der Waals surface area contributed by atoms with Gasteiger partial charge in [-0.3, -0.25) is 9.59 Å². The molecule has 1 saturated carbocycles. The summed E-state index contributed by atoms with van der Waals surface area (Å²) in [6.45, 7) is 1.85. The highest BCUT2D eigenvalue weighted by Crippen LogP contribution is 2.45. The number of para-hydroxylation sites is 1. The van der Waals surface area contributed by atoms with E-state index in [2.05, 4.69) is 4.98 Å². The van der Waals surface area contributed by atoms with Crippen molar-refractivity contribution in [2.75, 3.05) is 7.11 Å². The van der Waals surface area contributed by atoms with Crippen LogP contribution in [0.5, 0.6) is 5.75 Å². The quantitative estimate of drug-likeness (QED) is 0.352. The number of amides is 1. The lowest BCUT2D eigenvalue weighted by molar-refractivity contribution is -0.141. The van der Waals surface area contributed by atoms with E-state index < -0.39 is 17.7 Å². The Morgan fingerprint density at radius 2 is 1.88 bits per heavy atom. The molecule has 1 atom stereocenters. The van der Waals surface area contributed by atoms with Crippen LogP contribution in [0.2, 0.25) is 0 Å². The van der Waals surface area contributed by atoms with Crippen LogP contribution in [0.1, 0.15) is 48.4 Å². The van der Waals surface area contributed by atoms with Gasteiger partial charge in [0.05, 0.1) is 18.7 Å². The number of aliphatic hydroxyl groups excluding tert-OH is 1. The van der Waals surface area contributed by atoms with E-state index in [9.17, 15) is 14.7 Å². The van der Waals surface area contributed by atoms with Crippen molar-refractivity contribution in [2.45, 2.75) is 44.7 Å². The first kappa shape index (κ1) is 20.4. The molecule has 0 radical (unpaired) electrons. The maximum Gasteiger partial charge on any atom is 0.295 e. The first-order chi connectivity index (χ1) is 15.5. The molecule has 2 aromatic carbocycles. The highest BCUT2D eigenvalue weighted by Gasteiger charge is 2.49. The Kier molecular flexibility index (Phi) is 5.00. The number of ether oxygens (including phenoxy) is 1. The van der Waals surface area contributed by atoms with Gasteiger partial charge in [-0.15, -0.1) is 0 Å². The lowest BCUT2D eigenvalue weighted by Crippen LogP contribution is -2.37. The summed E-state index contributed by atoms with van der Waals surface area (Å²) in [6, 6.07) is 12.5. The third kappa shape index (κ3) is 3.09. The van der Waals surface area contributed by atoms with E-state index in [0.29, 0.717) is 11.3 Å². The van der Waals surface area contributed by atoms with Gasteiger partial charge < -0.3 is 19.7 Å². The summed E-state index contributed by atoms with van der Waals surface area (Å²) >= 11 is 0. The molecule has 6 heteroatoms. The number of methoxy groups -OCH3 is 1. The summed E-state index contributed by atoms with van der Waals surface area (Å²) in [5.41, 5.74) is 3.21. The molecular formula is C26H26N2O4. The van der Waals surface area contributed by atoms with Crippen LogP contribution in [-0.4, -0.2) is 39.8 Å². The van der Waals surface area contributed by atoms with Gasteiger partial charge in [-0.2, -0.15) is 0 Å². The van der Waals surface area contributed by atoms with Crippen LogP contribution in [0, 0.1) is 6.92 Å². The predicted molar refractivity (Wildman–Crippen MR) is 122 cm³/mol. The van der Waals surface area contributed by atoms with Gasteiger partial charge in [0.25, 0.3) is 11.7 Å². The third-order valence-corrected chi connectivity index (χ3v) is 6.80. The Hall–Kier alpha value is -3.54. The van der Waals surface area contributed by atoms with Crippen molar-refractivity contribution in [1.29, 1.82) is 0 Å². The number of aryl methyl sites for hydroxylation is 1. The standard InChI is InChI=1S/C26H26N2O4/c1-15-13-17(32-2)11-12-18(15)24(29)22-23(20-14-27-21-10-6-5-9-19(20)21)28(26(31)25(22)30)16-7-3-4-8-16/h5-6,9-14,16,23,27,29H,3-4,7-8H2,1-2H3/b24-22+. The van der Waals surface area contributed by atoms with E-state index in [1.54, 1.807) is 24.1 Å². The maximum absolute atomic E-state index is 13.3. The summed E-state index contributed by atoms with van der Waals surface area (Å²) in [7, 11) is 1.58. The number of nitrogens with one attached hydrogen (secondary N) is 1. The van der Waals surface area contributed by atoms with Gasteiger partial charge in [0.2, 0.25) is 0 Å². The molecule has 1 aliphatic carbocycles. The number of aromatic nitrogens is 1. The molecule has 6 nitrogen and oxygen atoms in total. The number of carbonyl (C=O) groups is 2. The number of hydrogen-bond acceptors (Lipinski definition) is 4. The van der Waals surface area contributed by atoms with Crippen molar-refractivity contribution in [1.82, 2.24) is 9.88 Å². The molecule has 1 aliphatic heterocycles. The Bertz CT molecular complexity index is 1250. The fraction of sp³-hybridized carbons (Fsp3) is 0.308. The van der Waals surface area contributed by atoms with Crippen molar-refractivity contribution >= 4 is 28.4 Å². The minimum Gasteiger partial charge on any atom is -0.507 e.